The summed E-state index contributed by atoms with van der Waals surface area (Å²) in [5.74, 6) is 3.00. The summed E-state index contributed by atoms with van der Waals surface area (Å²) in [5.41, 5.74) is -0.150. The molecule has 2 N–H and O–H groups in total. The van der Waals surface area contributed by atoms with Gasteiger partial charge in [0.1, 0.15) is 0 Å². The molecule has 1 fully saturated rings. The first-order chi connectivity index (χ1) is 10.4. The number of nitrogens with zero attached hydrogens (tertiary/aromatic N) is 1. The fourth-order valence-electron chi connectivity index (χ4n) is 2.35. The van der Waals surface area contributed by atoms with Gasteiger partial charge in [0.25, 0.3) is 0 Å². The first kappa shape index (κ1) is 19.6. The predicted octanol–water partition coefficient (Wildman–Crippen LogP) is 3.15. The first-order valence-corrected chi connectivity index (χ1v) is 6.97. The zero-order valence-corrected chi connectivity index (χ0v) is 15.0. The zero-order valence-electron chi connectivity index (χ0n) is 12.7. The summed E-state index contributed by atoms with van der Waals surface area (Å²) in [5, 5.41) is 6.06. The van der Waals surface area contributed by atoms with Crippen LogP contribution in [0.3, 0.4) is 0 Å². The lowest BCUT2D eigenvalue weighted by Gasteiger charge is -2.19. The number of terminal acetylenes is 1. The number of halogens is 4. The molecular weight excluding hydrogens is 418 g/mol. The van der Waals surface area contributed by atoms with E-state index in [0.29, 0.717) is 24.6 Å². The highest BCUT2D eigenvalue weighted by molar-refractivity contribution is 14.0. The lowest BCUT2D eigenvalue weighted by atomic mass is 9.94. The monoisotopic (exact) mass is 437 g/mol. The minimum Gasteiger partial charge on any atom is -0.355 e. The molecule has 3 nitrogen and oxygen atoms in total. The molecule has 23 heavy (non-hydrogen) atoms. The Labute approximate surface area is 151 Å². The van der Waals surface area contributed by atoms with E-state index in [0.717, 1.165) is 18.9 Å². The van der Waals surface area contributed by atoms with Gasteiger partial charge in [-0.1, -0.05) is 24.1 Å². The number of aliphatic imine (C=N–C) groups is 1. The van der Waals surface area contributed by atoms with Gasteiger partial charge in [-0.3, -0.25) is 4.99 Å². The highest BCUT2D eigenvalue weighted by Crippen LogP contribution is 2.48. The molecule has 0 saturated heterocycles. The number of rotatable bonds is 4. The summed E-state index contributed by atoms with van der Waals surface area (Å²) in [4.78, 5) is 4.03. The fourth-order valence-corrected chi connectivity index (χ4v) is 2.35. The number of nitrogens with one attached hydrogen (secondary N) is 2. The largest absolute Gasteiger partial charge is 0.416 e. The topological polar surface area (TPSA) is 36.4 Å². The normalized spacial score (nSPS) is 16.0. The van der Waals surface area contributed by atoms with Crippen molar-refractivity contribution in [2.45, 2.75) is 24.4 Å². The van der Waals surface area contributed by atoms with Crippen molar-refractivity contribution in [2.24, 2.45) is 4.99 Å². The molecule has 0 aliphatic heterocycles. The Balaban J connectivity index is 0.00000264. The second-order valence-corrected chi connectivity index (χ2v) is 5.34. The van der Waals surface area contributed by atoms with Crippen molar-refractivity contribution in [3.05, 3.63) is 35.4 Å². The first-order valence-electron chi connectivity index (χ1n) is 6.97. The lowest BCUT2D eigenvalue weighted by Crippen LogP contribution is -2.41. The van der Waals surface area contributed by atoms with Gasteiger partial charge < -0.3 is 10.6 Å². The van der Waals surface area contributed by atoms with E-state index in [2.05, 4.69) is 21.5 Å². The molecule has 2 rings (SSSR count). The van der Waals surface area contributed by atoms with Crippen LogP contribution in [0.5, 0.6) is 0 Å². The minimum atomic E-state index is -4.32. The molecule has 0 bridgehead atoms. The molecule has 0 unspecified atom stereocenters. The summed E-state index contributed by atoms with van der Waals surface area (Å²) in [6.45, 7) is 0.870. The molecule has 1 aliphatic rings. The van der Waals surface area contributed by atoms with Crippen LogP contribution in [-0.4, -0.2) is 26.1 Å². The van der Waals surface area contributed by atoms with E-state index < -0.39 is 11.7 Å². The number of guanidine groups is 1. The average molecular weight is 437 g/mol. The van der Waals surface area contributed by atoms with Crippen molar-refractivity contribution in [1.29, 1.82) is 0 Å². The molecule has 126 valence electrons. The van der Waals surface area contributed by atoms with Crippen LogP contribution in [-0.2, 0) is 11.6 Å². The van der Waals surface area contributed by atoms with Crippen molar-refractivity contribution >= 4 is 29.9 Å². The molecule has 0 aromatic heterocycles. The predicted molar refractivity (Wildman–Crippen MR) is 96.0 cm³/mol. The van der Waals surface area contributed by atoms with Gasteiger partial charge >= 0.3 is 6.18 Å². The quantitative estimate of drug-likeness (QED) is 0.329. The zero-order chi connectivity index (χ0) is 16.2. The van der Waals surface area contributed by atoms with Crippen LogP contribution in [0.15, 0.2) is 29.3 Å². The molecule has 0 heterocycles. The van der Waals surface area contributed by atoms with Crippen molar-refractivity contribution in [3.8, 4) is 12.3 Å². The van der Waals surface area contributed by atoms with Gasteiger partial charge in [-0.25, -0.2) is 0 Å². The molecule has 1 aromatic carbocycles. The molecule has 0 amide bonds. The molecular formula is C16H19F3IN3. The van der Waals surface area contributed by atoms with E-state index in [1.165, 1.54) is 12.1 Å². The Bertz CT molecular complexity index is 601. The van der Waals surface area contributed by atoms with E-state index in [-0.39, 0.29) is 29.4 Å². The second-order valence-electron chi connectivity index (χ2n) is 5.34. The third kappa shape index (κ3) is 5.03. The number of benzene rings is 1. The lowest BCUT2D eigenvalue weighted by molar-refractivity contribution is -0.137. The van der Waals surface area contributed by atoms with Crippen LogP contribution in [0, 0.1) is 12.3 Å². The molecule has 0 spiro atoms. The van der Waals surface area contributed by atoms with Crippen LogP contribution < -0.4 is 10.6 Å². The van der Waals surface area contributed by atoms with Crippen molar-refractivity contribution in [3.63, 3.8) is 0 Å². The minimum absolute atomic E-state index is 0. The smallest absolute Gasteiger partial charge is 0.355 e. The Hall–Kier alpha value is -1.43. The van der Waals surface area contributed by atoms with Gasteiger partial charge in [-0.05, 0) is 24.5 Å². The third-order valence-corrected chi connectivity index (χ3v) is 3.83. The van der Waals surface area contributed by atoms with Gasteiger partial charge in [0, 0.05) is 19.0 Å². The van der Waals surface area contributed by atoms with Gasteiger partial charge in [0.15, 0.2) is 5.96 Å². The fraction of sp³-hybridized carbons (Fsp3) is 0.438. The Morgan fingerprint density at radius 3 is 2.57 bits per heavy atom. The van der Waals surface area contributed by atoms with Crippen molar-refractivity contribution in [1.82, 2.24) is 10.6 Å². The van der Waals surface area contributed by atoms with Crippen LogP contribution >= 0.6 is 24.0 Å². The standard InChI is InChI=1S/C16H18F3N3.HI/c1-3-9-21-14(20-2)22-11-15(7-8-15)12-5-4-6-13(10-12)16(17,18)19;/h1,4-6,10H,7-9,11H2,2H3,(H2,20,21,22);1H. The summed E-state index contributed by atoms with van der Waals surface area (Å²) in [6, 6.07) is 5.55. The van der Waals surface area contributed by atoms with Crippen molar-refractivity contribution < 1.29 is 13.2 Å². The van der Waals surface area contributed by atoms with Crippen LogP contribution in [0.1, 0.15) is 24.0 Å². The molecule has 1 aliphatic carbocycles. The van der Waals surface area contributed by atoms with Gasteiger partial charge in [0.05, 0.1) is 12.1 Å². The highest BCUT2D eigenvalue weighted by atomic mass is 127. The van der Waals surface area contributed by atoms with Gasteiger partial charge in [-0.2, -0.15) is 13.2 Å². The van der Waals surface area contributed by atoms with Crippen molar-refractivity contribution in [2.75, 3.05) is 20.1 Å². The molecule has 1 saturated carbocycles. The van der Waals surface area contributed by atoms with E-state index >= 15 is 0 Å². The molecule has 0 atom stereocenters. The summed E-state index contributed by atoms with van der Waals surface area (Å²) in [6.07, 6.45) is 2.57. The van der Waals surface area contributed by atoms with Crippen LogP contribution in [0.2, 0.25) is 0 Å². The van der Waals surface area contributed by atoms with Crippen LogP contribution in [0.25, 0.3) is 0 Å². The Morgan fingerprint density at radius 2 is 2.04 bits per heavy atom. The van der Waals surface area contributed by atoms with E-state index in [1.807, 2.05) is 0 Å². The number of alkyl halides is 3. The Kier molecular flexibility index (Phi) is 6.74. The van der Waals surface area contributed by atoms with E-state index in [1.54, 1.807) is 13.1 Å². The maximum absolute atomic E-state index is 12.8. The average Bonchev–Trinajstić information content (AvgIpc) is 3.28. The summed E-state index contributed by atoms with van der Waals surface area (Å²) < 4.78 is 38.5. The van der Waals surface area contributed by atoms with Gasteiger partial charge in [0.2, 0.25) is 0 Å². The highest BCUT2D eigenvalue weighted by Gasteiger charge is 2.45. The molecule has 1 aromatic rings. The number of hydrogen-bond acceptors (Lipinski definition) is 1. The van der Waals surface area contributed by atoms with Gasteiger partial charge in [-0.15, -0.1) is 30.4 Å². The summed E-state index contributed by atoms with van der Waals surface area (Å²) >= 11 is 0. The maximum atomic E-state index is 12.8. The maximum Gasteiger partial charge on any atom is 0.416 e. The Morgan fingerprint density at radius 1 is 1.35 bits per heavy atom. The van der Waals surface area contributed by atoms with E-state index in [9.17, 15) is 13.2 Å². The second kappa shape index (κ2) is 7.90. The number of hydrogen-bond donors (Lipinski definition) is 2. The summed E-state index contributed by atoms with van der Waals surface area (Å²) in [7, 11) is 1.62. The third-order valence-electron chi connectivity index (χ3n) is 3.83. The SMILES string of the molecule is C#CCNC(=NC)NCC1(c2cccc(C(F)(F)F)c2)CC1.I. The molecule has 7 heteroatoms. The van der Waals surface area contributed by atoms with E-state index in [4.69, 9.17) is 6.42 Å². The molecule has 0 radical (unpaired) electrons. The van der Waals surface area contributed by atoms with Crippen LogP contribution in [0.4, 0.5) is 13.2 Å².